The number of nitrogens with one attached hydrogen (secondary N) is 2. The van der Waals surface area contributed by atoms with E-state index in [1.165, 1.54) is 0 Å². The Kier molecular flexibility index (Phi) is 7.87. The Morgan fingerprint density at radius 1 is 1.08 bits per heavy atom. The summed E-state index contributed by atoms with van der Waals surface area (Å²) in [7, 11) is 0. The largest absolute Gasteiger partial charge is 0.484 e. The molecule has 138 valence electrons. The van der Waals surface area contributed by atoms with Crippen molar-refractivity contribution in [1.29, 1.82) is 0 Å². The van der Waals surface area contributed by atoms with Gasteiger partial charge in [0.1, 0.15) is 5.75 Å². The lowest BCUT2D eigenvalue weighted by Gasteiger charge is -2.21. The van der Waals surface area contributed by atoms with Crippen LogP contribution in [-0.4, -0.2) is 30.7 Å². The van der Waals surface area contributed by atoms with Crippen molar-refractivity contribution in [3.8, 4) is 5.75 Å². The minimum Gasteiger partial charge on any atom is -0.484 e. The van der Waals surface area contributed by atoms with Crippen molar-refractivity contribution < 1.29 is 9.53 Å². The molecule has 0 radical (unpaired) electrons. The molecule has 26 heavy (non-hydrogen) atoms. The van der Waals surface area contributed by atoms with Crippen LogP contribution in [0.1, 0.15) is 13.8 Å². The molecule has 0 unspecified atom stereocenters. The summed E-state index contributed by atoms with van der Waals surface area (Å²) in [5.74, 6) is 0.305. The summed E-state index contributed by atoms with van der Waals surface area (Å²) in [5.41, 5.74) is 1.97. The van der Waals surface area contributed by atoms with Crippen molar-refractivity contribution in [3.63, 3.8) is 0 Å². The number of carbonyl (C=O) groups excluding carboxylic acids is 1. The van der Waals surface area contributed by atoms with Gasteiger partial charge in [-0.3, -0.25) is 10.1 Å². The third kappa shape index (κ3) is 6.31. The summed E-state index contributed by atoms with van der Waals surface area (Å²) in [5, 5.41) is 5.85. The molecule has 0 aromatic heterocycles. The molecule has 0 fully saturated rings. The van der Waals surface area contributed by atoms with E-state index in [1.54, 1.807) is 12.1 Å². The first-order chi connectivity index (χ1) is 12.5. The highest BCUT2D eigenvalue weighted by atomic mass is 79.9. The Balaban J connectivity index is 1.80. The summed E-state index contributed by atoms with van der Waals surface area (Å²) >= 11 is 8.52. The third-order valence-corrected chi connectivity index (χ3v) is 4.42. The maximum atomic E-state index is 11.9. The number of thiocarbonyl (C=S) groups is 1. The lowest BCUT2D eigenvalue weighted by atomic mass is 10.2. The smallest absolute Gasteiger partial charge is 0.264 e. The second kappa shape index (κ2) is 10.1. The fourth-order valence-corrected chi connectivity index (χ4v) is 2.85. The molecule has 0 heterocycles. The van der Waals surface area contributed by atoms with Gasteiger partial charge >= 0.3 is 0 Å². The molecule has 0 aliphatic rings. The Labute approximate surface area is 167 Å². The number of hydrogen-bond donors (Lipinski definition) is 2. The molecule has 0 bridgehead atoms. The van der Waals surface area contributed by atoms with Crippen LogP contribution < -0.4 is 20.3 Å². The van der Waals surface area contributed by atoms with Crippen LogP contribution >= 0.6 is 28.1 Å². The average molecular weight is 436 g/mol. The van der Waals surface area contributed by atoms with Crippen LogP contribution in [0.15, 0.2) is 53.0 Å². The minimum atomic E-state index is -0.315. The summed E-state index contributed by atoms with van der Waals surface area (Å²) in [6.45, 7) is 6.05. The molecular formula is C19H22BrN3O2S. The van der Waals surface area contributed by atoms with Gasteiger partial charge in [0.25, 0.3) is 5.91 Å². The lowest BCUT2D eigenvalue weighted by Crippen LogP contribution is -2.37. The van der Waals surface area contributed by atoms with E-state index >= 15 is 0 Å². The molecular weight excluding hydrogens is 414 g/mol. The van der Waals surface area contributed by atoms with E-state index in [1.807, 2.05) is 36.4 Å². The predicted molar refractivity (Wildman–Crippen MR) is 114 cm³/mol. The number of nitrogens with zero attached hydrogens (tertiary/aromatic N) is 1. The number of benzene rings is 2. The van der Waals surface area contributed by atoms with Gasteiger partial charge in [-0.1, -0.05) is 15.9 Å². The molecule has 0 atom stereocenters. The van der Waals surface area contributed by atoms with E-state index in [-0.39, 0.29) is 17.6 Å². The lowest BCUT2D eigenvalue weighted by molar-refractivity contribution is -0.121. The number of rotatable bonds is 7. The molecule has 1 amide bonds. The fourth-order valence-electron chi connectivity index (χ4n) is 2.35. The van der Waals surface area contributed by atoms with Gasteiger partial charge in [0.15, 0.2) is 11.7 Å². The minimum absolute atomic E-state index is 0.107. The zero-order valence-corrected chi connectivity index (χ0v) is 17.2. The zero-order valence-electron chi connectivity index (χ0n) is 14.8. The Hall–Kier alpha value is -2.12. The van der Waals surface area contributed by atoms with Crippen molar-refractivity contribution in [3.05, 3.63) is 53.0 Å². The molecule has 0 saturated heterocycles. The van der Waals surface area contributed by atoms with Gasteiger partial charge in [0, 0.05) is 28.9 Å². The standard InChI is InChI=1S/C19H22BrN3O2S/c1-3-23(4-2)16-9-7-15(8-10-16)21-19(26)22-18(24)13-25-17-11-5-14(20)6-12-17/h5-12H,3-4,13H2,1-2H3,(H2,21,22,24,26). The molecule has 2 aromatic carbocycles. The van der Waals surface area contributed by atoms with Crippen LogP contribution in [-0.2, 0) is 4.79 Å². The number of ether oxygens (including phenoxy) is 1. The number of amides is 1. The molecule has 0 aliphatic heterocycles. The summed E-state index contributed by atoms with van der Waals surface area (Å²) in [4.78, 5) is 14.2. The van der Waals surface area contributed by atoms with Crippen LogP contribution in [0.25, 0.3) is 0 Å². The van der Waals surface area contributed by atoms with Crippen LogP contribution in [0.4, 0.5) is 11.4 Å². The zero-order chi connectivity index (χ0) is 18.9. The molecule has 0 aliphatic carbocycles. The number of hydrogen-bond acceptors (Lipinski definition) is 4. The Bertz CT molecular complexity index is 731. The fraction of sp³-hybridized carbons (Fsp3) is 0.263. The first-order valence-corrected chi connectivity index (χ1v) is 9.56. The van der Waals surface area contributed by atoms with Gasteiger partial charge in [-0.05, 0) is 74.6 Å². The normalized spacial score (nSPS) is 10.1. The van der Waals surface area contributed by atoms with Crippen molar-refractivity contribution in [2.45, 2.75) is 13.8 Å². The molecule has 2 rings (SSSR count). The molecule has 2 aromatic rings. The van der Waals surface area contributed by atoms with Crippen LogP contribution in [0.3, 0.4) is 0 Å². The molecule has 5 nitrogen and oxygen atoms in total. The second-order valence-electron chi connectivity index (χ2n) is 5.46. The van der Waals surface area contributed by atoms with Gasteiger partial charge in [0.05, 0.1) is 0 Å². The maximum Gasteiger partial charge on any atom is 0.264 e. The summed E-state index contributed by atoms with van der Waals surface area (Å²) in [6.07, 6.45) is 0. The van der Waals surface area contributed by atoms with E-state index in [2.05, 4.69) is 45.3 Å². The molecule has 7 heteroatoms. The summed E-state index contributed by atoms with van der Waals surface area (Å²) < 4.78 is 6.37. The number of halogens is 1. The first-order valence-electron chi connectivity index (χ1n) is 8.36. The molecule has 2 N–H and O–H groups in total. The summed E-state index contributed by atoms with van der Waals surface area (Å²) in [6, 6.07) is 15.2. The highest BCUT2D eigenvalue weighted by Gasteiger charge is 2.07. The third-order valence-electron chi connectivity index (χ3n) is 3.69. The maximum absolute atomic E-state index is 11.9. The van der Waals surface area contributed by atoms with Gasteiger partial charge in [-0.2, -0.15) is 0 Å². The van der Waals surface area contributed by atoms with Crippen LogP contribution in [0.2, 0.25) is 0 Å². The number of carbonyl (C=O) groups is 1. The predicted octanol–water partition coefficient (Wildman–Crippen LogP) is 4.19. The SMILES string of the molecule is CCN(CC)c1ccc(NC(=S)NC(=O)COc2ccc(Br)cc2)cc1. The number of anilines is 2. The Morgan fingerprint density at radius 3 is 2.27 bits per heavy atom. The van der Waals surface area contributed by atoms with Gasteiger partial charge in [-0.15, -0.1) is 0 Å². The van der Waals surface area contributed by atoms with E-state index in [4.69, 9.17) is 17.0 Å². The Morgan fingerprint density at radius 2 is 1.69 bits per heavy atom. The van der Waals surface area contributed by atoms with Crippen LogP contribution in [0, 0.1) is 0 Å². The van der Waals surface area contributed by atoms with E-state index in [9.17, 15) is 4.79 Å². The van der Waals surface area contributed by atoms with Crippen molar-refractivity contribution in [1.82, 2.24) is 5.32 Å². The van der Waals surface area contributed by atoms with Gasteiger partial charge < -0.3 is 15.0 Å². The topological polar surface area (TPSA) is 53.6 Å². The monoisotopic (exact) mass is 435 g/mol. The van der Waals surface area contributed by atoms with Gasteiger partial charge in [-0.25, -0.2) is 0 Å². The van der Waals surface area contributed by atoms with Crippen molar-refractivity contribution in [2.24, 2.45) is 0 Å². The van der Waals surface area contributed by atoms with Gasteiger partial charge in [0.2, 0.25) is 0 Å². The highest BCUT2D eigenvalue weighted by molar-refractivity contribution is 9.10. The van der Waals surface area contributed by atoms with Crippen molar-refractivity contribution in [2.75, 3.05) is 29.9 Å². The van der Waals surface area contributed by atoms with E-state index in [0.29, 0.717) is 5.75 Å². The molecule has 0 spiro atoms. The quantitative estimate of drug-likeness (QED) is 0.638. The first kappa shape index (κ1) is 20.2. The van der Waals surface area contributed by atoms with Crippen LogP contribution in [0.5, 0.6) is 5.75 Å². The van der Waals surface area contributed by atoms with E-state index < -0.39 is 0 Å². The molecule has 0 saturated carbocycles. The average Bonchev–Trinajstić information content (AvgIpc) is 2.63. The second-order valence-corrected chi connectivity index (χ2v) is 6.79. The van der Waals surface area contributed by atoms with E-state index in [0.717, 1.165) is 28.9 Å². The highest BCUT2D eigenvalue weighted by Crippen LogP contribution is 2.18. The van der Waals surface area contributed by atoms with Crippen molar-refractivity contribution >= 4 is 50.5 Å².